The quantitative estimate of drug-likeness (QED) is 0.522. The minimum atomic E-state index is -1.17. The fourth-order valence-electron chi connectivity index (χ4n) is 2.79. The van der Waals surface area contributed by atoms with Crippen LogP contribution in [-0.2, 0) is 27.4 Å². The van der Waals surface area contributed by atoms with Gasteiger partial charge in [0.1, 0.15) is 18.7 Å². The summed E-state index contributed by atoms with van der Waals surface area (Å²) in [5, 5.41) is 14.4. The highest BCUT2D eigenvalue weighted by Gasteiger charge is 2.27. The lowest BCUT2D eigenvalue weighted by molar-refractivity contribution is -0.142. The maximum atomic E-state index is 12.8. The first kappa shape index (κ1) is 22.7. The highest BCUT2D eigenvalue weighted by atomic mass is 16.5. The van der Waals surface area contributed by atoms with Crippen LogP contribution in [0.15, 0.2) is 72.8 Å². The number of carboxylic acids is 1. The molecule has 2 aromatic rings. The lowest BCUT2D eigenvalue weighted by Crippen LogP contribution is -2.52. The van der Waals surface area contributed by atoms with Crippen molar-refractivity contribution in [1.82, 2.24) is 10.6 Å². The van der Waals surface area contributed by atoms with Gasteiger partial charge < -0.3 is 20.5 Å². The molecule has 158 valence electrons. The van der Waals surface area contributed by atoms with E-state index in [1.54, 1.807) is 6.92 Å². The Labute approximate surface area is 175 Å². The molecule has 2 atom stereocenters. The summed E-state index contributed by atoms with van der Waals surface area (Å²) in [4.78, 5) is 36.5. The zero-order valence-electron chi connectivity index (χ0n) is 16.8. The lowest BCUT2D eigenvalue weighted by atomic mass is 10.0. The Morgan fingerprint density at radius 1 is 0.933 bits per heavy atom. The van der Waals surface area contributed by atoms with E-state index in [1.807, 2.05) is 60.7 Å². The van der Waals surface area contributed by atoms with Crippen molar-refractivity contribution in [3.8, 4) is 0 Å². The monoisotopic (exact) mass is 410 g/mol. The summed E-state index contributed by atoms with van der Waals surface area (Å²) in [6, 6.07) is 16.1. The second kappa shape index (κ2) is 11.4. The van der Waals surface area contributed by atoms with E-state index >= 15 is 0 Å². The van der Waals surface area contributed by atoms with E-state index in [0.717, 1.165) is 11.1 Å². The van der Waals surface area contributed by atoms with E-state index in [-0.39, 0.29) is 19.4 Å². The van der Waals surface area contributed by atoms with Crippen molar-refractivity contribution in [2.24, 2.45) is 0 Å². The maximum Gasteiger partial charge on any atom is 0.408 e. The Hall–Kier alpha value is -3.61. The summed E-state index contributed by atoms with van der Waals surface area (Å²) < 4.78 is 5.20. The molecule has 0 aromatic heterocycles. The van der Waals surface area contributed by atoms with Crippen molar-refractivity contribution in [1.29, 1.82) is 0 Å². The van der Waals surface area contributed by atoms with Crippen molar-refractivity contribution in [3.05, 3.63) is 83.9 Å². The summed E-state index contributed by atoms with van der Waals surface area (Å²) >= 11 is 0. The van der Waals surface area contributed by atoms with E-state index in [0.29, 0.717) is 5.57 Å². The number of hydrogen-bond donors (Lipinski definition) is 3. The van der Waals surface area contributed by atoms with Gasteiger partial charge in [-0.25, -0.2) is 9.59 Å². The zero-order chi connectivity index (χ0) is 21.9. The van der Waals surface area contributed by atoms with Crippen molar-refractivity contribution in [3.63, 3.8) is 0 Å². The summed E-state index contributed by atoms with van der Waals surface area (Å²) in [5.41, 5.74) is 2.24. The number of amides is 2. The van der Waals surface area contributed by atoms with E-state index in [2.05, 4.69) is 17.2 Å². The van der Waals surface area contributed by atoms with E-state index in [1.165, 1.54) is 0 Å². The smallest absolute Gasteiger partial charge is 0.408 e. The number of carboxylic acid groups (broad SMARTS) is 1. The molecule has 2 aromatic carbocycles. The predicted molar refractivity (Wildman–Crippen MR) is 113 cm³/mol. The van der Waals surface area contributed by atoms with Crippen molar-refractivity contribution in [2.45, 2.75) is 38.5 Å². The van der Waals surface area contributed by atoms with Gasteiger partial charge in [0.05, 0.1) is 0 Å². The van der Waals surface area contributed by atoms with Gasteiger partial charge in [0.2, 0.25) is 5.91 Å². The number of aliphatic carboxylic acids is 1. The molecule has 0 radical (unpaired) electrons. The van der Waals surface area contributed by atoms with E-state index in [4.69, 9.17) is 4.74 Å². The Balaban J connectivity index is 2.06. The normalized spacial score (nSPS) is 12.3. The second-order valence-electron chi connectivity index (χ2n) is 7.01. The summed E-state index contributed by atoms with van der Waals surface area (Å²) in [6.07, 6.45) is -0.480. The molecule has 2 rings (SSSR count). The zero-order valence-corrected chi connectivity index (χ0v) is 16.8. The fraction of sp³-hybridized carbons (Fsp3) is 0.261. The molecule has 0 heterocycles. The number of carbonyl (C=O) groups excluding carboxylic acids is 2. The first-order valence-corrected chi connectivity index (χ1v) is 9.54. The summed E-state index contributed by atoms with van der Waals surface area (Å²) in [5.74, 6) is -1.78. The highest BCUT2D eigenvalue weighted by Crippen LogP contribution is 2.08. The number of carbonyl (C=O) groups is 3. The summed E-state index contributed by atoms with van der Waals surface area (Å²) in [6.45, 7) is 5.43. The van der Waals surface area contributed by atoms with Crippen molar-refractivity contribution >= 4 is 18.0 Å². The number of rotatable bonds is 10. The van der Waals surface area contributed by atoms with Crippen molar-refractivity contribution < 1.29 is 24.2 Å². The van der Waals surface area contributed by atoms with Crippen LogP contribution in [0.3, 0.4) is 0 Å². The van der Waals surface area contributed by atoms with Crippen LogP contribution in [0.25, 0.3) is 0 Å². The molecule has 0 aliphatic carbocycles. The molecule has 0 aliphatic rings. The largest absolute Gasteiger partial charge is 0.480 e. The average Bonchev–Trinajstić information content (AvgIpc) is 2.72. The van der Waals surface area contributed by atoms with Gasteiger partial charge in [-0.1, -0.05) is 66.2 Å². The van der Waals surface area contributed by atoms with Gasteiger partial charge in [0.15, 0.2) is 0 Å². The molecule has 7 heteroatoms. The van der Waals surface area contributed by atoms with Gasteiger partial charge in [0, 0.05) is 6.42 Å². The molecule has 0 saturated heterocycles. The van der Waals surface area contributed by atoms with Crippen LogP contribution in [-0.4, -0.2) is 35.2 Å². The van der Waals surface area contributed by atoms with Gasteiger partial charge in [-0.3, -0.25) is 4.79 Å². The average molecular weight is 410 g/mol. The van der Waals surface area contributed by atoms with Gasteiger partial charge in [-0.05, 0) is 24.5 Å². The van der Waals surface area contributed by atoms with Crippen LogP contribution in [0.4, 0.5) is 4.79 Å². The molecule has 0 bridgehead atoms. The van der Waals surface area contributed by atoms with Crippen LogP contribution < -0.4 is 10.6 Å². The van der Waals surface area contributed by atoms with E-state index in [9.17, 15) is 19.5 Å². The maximum absolute atomic E-state index is 12.8. The predicted octanol–water partition coefficient (Wildman–Crippen LogP) is 3.06. The fourth-order valence-corrected chi connectivity index (χ4v) is 2.79. The Morgan fingerprint density at radius 2 is 1.50 bits per heavy atom. The minimum Gasteiger partial charge on any atom is -0.480 e. The van der Waals surface area contributed by atoms with Crippen LogP contribution in [0.1, 0.15) is 24.5 Å². The minimum absolute atomic E-state index is 0.0553. The van der Waals surface area contributed by atoms with Crippen LogP contribution in [0.5, 0.6) is 0 Å². The standard InChI is InChI=1S/C23H26N2O5/c1-16(2)13-20(22(27)28)24-21(26)19(14-17-9-5-3-6-10-17)25-23(29)30-15-18-11-7-4-8-12-18/h3-12,19-20H,1,13-15H2,2H3,(H,24,26)(H,25,29)(H,27,28)/t19-,20+/m1/s1. The third-order valence-electron chi connectivity index (χ3n) is 4.27. The van der Waals surface area contributed by atoms with Crippen LogP contribution >= 0.6 is 0 Å². The molecule has 0 fully saturated rings. The van der Waals surface area contributed by atoms with Crippen LogP contribution in [0.2, 0.25) is 0 Å². The van der Waals surface area contributed by atoms with Gasteiger partial charge in [-0.2, -0.15) is 0 Å². The lowest BCUT2D eigenvalue weighted by Gasteiger charge is -2.21. The van der Waals surface area contributed by atoms with Gasteiger partial charge >= 0.3 is 12.1 Å². The topological polar surface area (TPSA) is 105 Å². The summed E-state index contributed by atoms with van der Waals surface area (Å²) in [7, 11) is 0. The molecular formula is C23H26N2O5. The third-order valence-corrected chi connectivity index (χ3v) is 4.27. The van der Waals surface area contributed by atoms with Gasteiger partial charge in [0.25, 0.3) is 0 Å². The molecule has 0 aliphatic heterocycles. The molecule has 0 unspecified atom stereocenters. The highest BCUT2D eigenvalue weighted by molar-refractivity contribution is 5.89. The first-order valence-electron chi connectivity index (χ1n) is 9.54. The molecule has 3 N–H and O–H groups in total. The first-order chi connectivity index (χ1) is 14.3. The van der Waals surface area contributed by atoms with Gasteiger partial charge in [-0.15, -0.1) is 6.58 Å². The van der Waals surface area contributed by atoms with E-state index < -0.39 is 30.1 Å². The number of benzene rings is 2. The molecule has 0 saturated carbocycles. The number of hydrogen-bond acceptors (Lipinski definition) is 4. The SMILES string of the molecule is C=C(C)C[C@H](NC(=O)[C@@H](Cc1ccccc1)NC(=O)OCc1ccccc1)C(=O)O. The van der Waals surface area contributed by atoms with Crippen LogP contribution in [0, 0.1) is 0 Å². The number of alkyl carbamates (subject to hydrolysis) is 1. The Kier molecular flexibility index (Phi) is 8.62. The number of ether oxygens (including phenoxy) is 1. The molecular weight excluding hydrogens is 384 g/mol. The Morgan fingerprint density at radius 3 is 2.03 bits per heavy atom. The third kappa shape index (κ3) is 7.79. The molecule has 2 amide bonds. The number of nitrogens with one attached hydrogen (secondary N) is 2. The molecule has 7 nitrogen and oxygen atoms in total. The van der Waals surface area contributed by atoms with Crippen molar-refractivity contribution in [2.75, 3.05) is 0 Å². The molecule has 0 spiro atoms. The Bertz CT molecular complexity index is 868. The molecule has 30 heavy (non-hydrogen) atoms. The second-order valence-corrected chi connectivity index (χ2v) is 7.01.